The first-order chi connectivity index (χ1) is 11.5. The fourth-order valence-electron chi connectivity index (χ4n) is 2.71. The Morgan fingerprint density at radius 3 is 2.42 bits per heavy atom. The fraction of sp³-hybridized carbons (Fsp3) is 0.100. The smallest absolute Gasteiger partial charge is 0.340 e. The lowest BCUT2D eigenvalue weighted by Crippen LogP contribution is -2.04. The van der Waals surface area contributed by atoms with Crippen molar-refractivity contribution in [3.8, 4) is 11.1 Å². The van der Waals surface area contributed by atoms with E-state index in [0.717, 1.165) is 16.3 Å². The van der Waals surface area contributed by atoms with E-state index in [1.807, 2.05) is 30.3 Å². The van der Waals surface area contributed by atoms with E-state index in [4.69, 9.17) is 0 Å². The minimum absolute atomic E-state index is 0.0614. The van der Waals surface area contributed by atoms with Crippen molar-refractivity contribution in [1.82, 2.24) is 0 Å². The molecular formula is C20H15FO3. The number of hydrogen-bond donors (Lipinski definition) is 0. The van der Waals surface area contributed by atoms with Crippen LogP contribution < -0.4 is 0 Å². The lowest BCUT2D eigenvalue weighted by atomic mass is 9.94. The number of benzene rings is 3. The summed E-state index contributed by atoms with van der Waals surface area (Å²) in [6.07, 6.45) is 0. The summed E-state index contributed by atoms with van der Waals surface area (Å²) < 4.78 is 18.8. The summed E-state index contributed by atoms with van der Waals surface area (Å²) in [5.74, 6) is -1.44. The summed E-state index contributed by atoms with van der Waals surface area (Å²) in [6, 6.07) is 15.5. The molecule has 3 nitrogen and oxygen atoms in total. The van der Waals surface area contributed by atoms with Crippen molar-refractivity contribution in [2.24, 2.45) is 0 Å². The molecule has 0 N–H and O–H groups in total. The van der Waals surface area contributed by atoms with Crippen LogP contribution in [-0.2, 0) is 4.74 Å². The maximum Gasteiger partial charge on any atom is 0.340 e. The molecule has 0 aliphatic rings. The standard InChI is InChI=1S/C20H15FO3/c1-12(22)15-9-13-5-3-4-6-16(13)18(10-15)14-7-8-17(19(21)11-14)20(23)24-2/h3-11H,1-2H3. The lowest BCUT2D eigenvalue weighted by molar-refractivity contribution is 0.0595. The topological polar surface area (TPSA) is 43.4 Å². The van der Waals surface area contributed by atoms with E-state index in [0.29, 0.717) is 11.1 Å². The van der Waals surface area contributed by atoms with Gasteiger partial charge in [0.25, 0.3) is 0 Å². The van der Waals surface area contributed by atoms with Crippen LogP contribution in [0.5, 0.6) is 0 Å². The van der Waals surface area contributed by atoms with Crippen LogP contribution in [0.25, 0.3) is 21.9 Å². The third-order valence-electron chi connectivity index (χ3n) is 3.95. The molecule has 0 saturated carbocycles. The van der Waals surface area contributed by atoms with Gasteiger partial charge in [-0.1, -0.05) is 30.3 Å². The van der Waals surface area contributed by atoms with Gasteiger partial charge in [0.05, 0.1) is 12.7 Å². The van der Waals surface area contributed by atoms with Crippen LogP contribution in [0.4, 0.5) is 4.39 Å². The Balaban J connectivity index is 2.23. The second kappa shape index (κ2) is 6.24. The van der Waals surface area contributed by atoms with Crippen LogP contribution in [0.15, 0.2) is 54.6 Å². The molecule has 3 aromatic carbocycles. The SMILES string of the molecule is COC(=O)c1ccc(-c2cc(C(C)=O)cc3ccccc23)cc1F. The van der Waals surface area contributed by atoms with E-state index in [1.54, 1.807) is 12.1 Å². The van der Waals surface area contributed by atoms with Crippen LogP contribution in [0, 0.1) is 5.82 Å². The van der Waals surface area contributed by atoms with Gasteiger partial charge >= 0.3 is 5.97 Å². The van der Waals surface area contributed by atoms with Gasteiger partial charge in [-0.25, -0.2) is 9.18 Å². The third-order valence-corrected chi connectivity index (χ3v) is 3.95. The maximum absolute atomic E-state index is 14.3. The van der Waals surface area contributed by atoms with Crippen LogP contribution in [0.3, 0.4) is 0 Å². The number of Topliss-reactive ketones (excluding diaryl/α,β-unsaturated/α-hetero) is 1. The number of ketones is 1. The van der Waals surface area contributed by atoms with Crippen molar-refractivity contribution in [2.75, 3.05) is 7.11 Å². The van der Waals surface area contributed by atoms with E-state index in [1.165, 1.54) is 26.2 Å². The molecule has 0 unspecified atom stereocenters. The molecule has 24 heavy (non-hydrogen) atoms. The number of halogens is 1. The second-order valence-corrected chi connectivity index (χ2v) is 5.49. The van der Waals surface area contributed by atoms with Crippen LogP contribution in [-0.4, -0.2) is 18.9 Å². The van der Waals surface area contributed by atoms with E-state index >= 15 is 0 Å². The van der Waals surface area contributed by atoms with Gasteiger partial charge in [-0.05, 0) is 53.1 Å². The Labute approximate surface area is 138 Å². The number of methoxy groups -OCH3 is 1. The lowest BCUT2D eigenvalue weighted by Gasteiger charge is -2.11. The van der Waals surface area contributed by atoms with Crippen molar-refractivity contribution in [3.63, 3.8) is 0 Å². The van der Waals surface area contributed by atoms with Crippen LogP contribution in [0.1, 0.15) is 27.6 Å². The zero-order valence-electron chi connectivity index (χ0n) is 13.3. The van der Waals surface area contributed by atoms with Crippen LogP contribution >= 0.6 is 0 Å². The van der Waals surface area contributed by atoms with Gasteiger partial charge in [0.2, 0.25) is 0 Å². The van der Waals surface area contributed by atoms with E-state index in [-0.39, 0.29) is 11.3 Å². The molecule has 0 bridgehead atoms. The minimum Gasteiger partial charge on any atom is -0.465 e. The molecule has 0 spiro atoms. The van der Waals surface area contributed by atoms with Gasteiger partial charge in [0.15, 0.2) is 5.78 Å². The Kier molecular flexibility index (Phi) is 4.13. The Hall–Kier alpha value is -3.01. The summed E-state index contributed by atoms with van der Waals surface area (Å²) in [6.45, 7) is 1.49. The number of rotatable bonds is 3. The molecule has 0 aliphatic carbocycles. The summed E-state index contributed by atoms with van der Waals surface area (Å²) in [4.78, 5) is 23.3. The number of carbonyl (C=O) groups excluding carboxylic acids is 2. The number of ether oxygens (including phenoxy) is 1. The van der Waals surface area contributed by atoms with Crippen molar-refractivity contribution < 1.29 is 18.7 Å². The predicted octanol–water partition coefficient (Wildman–Crippen LogP) is 4.64. The van der Waals surface area contributed by atoms with E-state index in [9.17, 15) is 14.0 Å². The largest absolute Gasteiger partial charge is 0.465 e. The first kappa shape index (κ1) is 15.9. The van der Waals surface area contributed by atoms with Crippen molar-refractivity contribution >= 4 is 22.5 Å². The quantitative estimate of drug-likeness (QED) is 0.521. The zero-order valence-corrected chi connectivity index (χ0v) is 13.3. The maximum atomic E-state index is 14.3. The van der Waals surface area contributed by atoms with Gasteiger partial charge in [-0.2, -0.15) is 0 Å². The first-order valence-electron chi connectivity index (χ1n) is 7.43. The number of hydrogen-bond acceptors (Lipinski definition) is 3. The van der Waals surface area contributed by atoms with Crippen molar-refractivity contribution in [3.05, 3.63) is 71.5 Å². The molecule has 0 heterocycles. The summed E-state index contributed by atoms with van der Waals surface area (Å²) >= 11 is 0. The molecule has 0 aliphatic heterocycles. The average molecular weight is 322 g/mol. The highest BCUT2D eigenvalue weighted by atomic mass is 19.1. The number of fused-ring (bicyclic) bond motifs is 1. The van der Waals surface area contributed by atoms with Crippen molar-refractivity contribution in [1.29, 1.82) is 0 Å². The Bertz CT molecular complexity index is 960. The highest BCUT2D eigenvalue weighted by Crippen LogP contribution is 2.31. The summed E-state index contributed by atoms with van der Waals surface area (Å²) in [7, 11) is 1.21. The highest BCUT2D eigenvalue weighted by molar-refractivity contribution is 6.05. The second-order valence-electron chi connectivity index (χ2n) is 5.49. The van der Waals surface area contributed by atoms with Gasteiger partial charge in [0.1, 0.15) is 5.82 Å². The van der Waals surface area contributed by atoms with Gasteiger partial charge in [-0.3, -0.25) is 4.79 Å². The van der Waals surface area contributed by atoms with Crippen molar-refractivity contribution in [2.45, 2.75) is 6.92 Å². The molecule has 120 valence electrons. The summed E-state index contributed by atoms with van der Waals surface area (Å²) in [5.41, 5.74) is 1.78. The molecule has 0 radical (unpaired) electrons. The third kappa shape index (κ3) is 2.78. The Morgan fingerprint density at radius 1 is 1.00 bits per heavy atom. The minimum atomic E-state index is -0.721. The first-order valence-corrected chi connectivity index (χ1v) is 7.43. The van der Waals surface area contributed by atoms with E-state index in [2.05, 4.69) is 4.74 Å². The molecule has 0 atom stereocenters. The number of carbonyl (C=O) groups is 2. The summed E-state index contributed by atoms with van der Waals surface area (Å²) in [5, 5.41) is 1.81. The highest BCUT2D eigenvalue weighted by Gasteiger charge is 2.15. The van der Waals surface area contributed by atoms with Gasteiger partial charge < -0.3 is 4.74 Å². The van der Waals surface area contributed by atoms with Crippen LogP contribution in [0.2, 0.25) is 0 Å². The fourth-order valence-corrected chi connectivity index (χ4v) is 2.71. The number of esters is 1. The molecular weight excluding hydrogens is 307 g/mol. The molecule has 4 heteroatoms. The molecule has 3 rings (SSSR count). The molecule has 3 aromatic rings. The van der Waals surface area contributed by atoms with E-state index < -0.39 is 11.8 Å². The molecule has 0 amide bonds. The van der Waals surface area contributed by atoms with Gasteiger partial charge in [-0.15, -0.1) is 0 Å². The molecule has 0 fully saturated rings. The average Bonchev–Trinajstić information content (AvgIpc) is 2.59. The normalized spacial score (nSPS) is 10.6. The predicted molar refractivity (Wildman–Crippen MR) is 90.7 cm³/mol. The van der Waals surface area contributed by atoms with Gasteiger partial charge in [0, 0.05) is 5.56 Å². The Morgan fingerprint density at radius 2 is 1.75 bits per heavy atom. The molecule has 0 saturated heterocycles. The monoisotopic (exact) mass is 322 g/mol. The molecule has 0 aromatic heterocycles. The zero-order chi connectivity index (χ0) is 17.3.